The number of carbonyl (C=O) groups is 2. The van der Waals surface area contributed by atoms with Crippen LogP contribution in [0.15, 0.2) is 18.2 Å². The van der Waals surface area contributed by atoms with E-state index in [0.717, 1.165) is 6.42 Å². The van der Waals surface area contributed by atoms with Gasteiger partial charge in [0.05, 0.1) is 5.92 Å². The minimum Gasteiger partial charge on any atom is -0.481 e. The molecule has 1 atom stereocenters. The molecule has 1 aromatic heterocycles. The molecule has 1 heterocycles. The van der Waals surface area contributed by atoms with Crippen LogP contribution in [0.4, 0.5) is 5.82 Å². The zero-order valence-corrected chi connectivity index (χ0v) is 10.2. The number of nitrogens with two attached hydrogens (primary N) is 1. The summed E-state index contributed by atoms with van der Waals surface area (Å²) in [6.07, 6.45) is 1.31. The van der Waals surface area contributed by atoms with Gasteiger partial charge in [-0.25, -0.2) is 4.98 Å². The lowest BCUT2D eigenvalue weighted by atomic mass is 10.1. The zero-order chi connectivity index (χ0) is 13.5. The first kappa shape index (κ1) is 14.0. The van der Waals surface area contributed by atoms with Crippen molar-refractivity contribution in [2.24, 2.45) is 11.7 Å². The fourth-order valence-corrected chi connectivity index (χ4v) is 1.42. The van der Waals surface area contributed by atoms with Crippen LogP contribution in [-0.4, -0.2) is 28.5 Å². The molecule has 6 heteroatoms. The van der Waals surface area contributed by atoms with Crippen LogP contribution in [0.3, 0.4) is 0 Å². The molecule has 6 nitrogen and oxygen atoms in total. The van der Waals surface area contributed by atoms with Crippen LogP contribution in [-0.2, 0) is 4.79 Å². The van der Waals surface area contributed by atoms with E-state index in [9.17, 15) is 9.59 Å². The Kier molecular flexibility index (Phi) is 5.10. The highest BCUT2D eigenvalue weighted by atomic mass is 16.4. The van der Waals surface area contributed by atoms with Gasteiger partial charge in [-0.1, -0.05) is 13.0 Å². The summed E-state index contributed by atoms with van der Waals surface area (Å²) in [5.41, 5.74) is 5.32. The fraction of sp³-hybridized carbons (Fsp3) is 0.417. The third-order valence-corrected chi connectivity index (χ3v) is 2.54. The highest BCUT2D eigenvalue weighted by Crippen LogP contribution is 2.08. The Morgan fingerprint density at radius 2 is 2.22 bits per heavy atom. The third-order valence-electron chi connectivity index (χ3n) is 2.54. The van der Waals surface area contributed by atoms with E-state index >= 15 is 0 Å². The number of carboxylic acids is 1. The van der Waals surface area contributed by atoms with E-state index < -0.39 is 11.9 Å². The van der Waals surface area contributed by atoms with Gasteiger partial charge in [0.15, 0.2) is 0 Å². The number of carboxylic acid groups (broad SMARTS) is 1. The third kappa shape index (κ3) is 4.40. The molecule has 18 heavy (non-hydrogen) atoms. The summed E-state index contributed by atoms with van der Waals surface area (Å²) in [5.74, 6) is -1.15. The maximum atomic E-state index is 10.9. The molecule has 0 bridgehead atoms. The Morgan fingerprint density at radius 1 is 1.50 bits per heavy atom. The second-order valence-electron chi connectivity index (χ2n) is 4.08. The summed E-state index contributed by atoms with van der Waals surface area (Å²) in [5, 5.41) is 11.7. The lowest BCUT2D eigenvalue weighted by Gasteiger charge is -2.08. The number of amides is 1. The minimum atomic E-state index is -0.788. The number of primary amides is 1. The molecule has 1 rings (SSSR count). The highest BCUT2D eigenvalue weighted by Gasteiger charge is 2.09. The molecule has 1 unspecified atom stereocenters. The van der Waals surface area contributed by atoms with Gasteiger partial charge < -0.3 is 16.2 Å². The van der Waals surface area contributed by atoms with Crippen LogP contribution in [0.1, 0.15) is 30.3 Å². The molecule has 0 spiro atoms. The van der Waals surface area contributed by atoms with Crippen molar-refractivity contribution >= 4 is 17.7 Å². The van der Waals surface area contributed by atoms with Gasteiger partial charge in [0, 0.05) is 6.54 Å². The van der Waals surface area contributed by atoms with E-state index in [1.54, 1.807) is 25.1 Å². The van der Waals surface area contributed by atoms with Crippen molar-refractivity contribution in [3.63, 3.8) is 0 Å². The first-order chi connectivity index (χ1) is 8.50. The average molecular weight is 251 g/mol. The Bertz CT molecular complexity index is 434. The summed E-state index contributed by atoms with van der Waals surface area (Å²) < 4.78 is 0. The Hall–Kier alpha value is -2.11. The minimum absolute atomic E-state index is 0.207. The number of aliphatic carboxylic acids is 1. The van der Waals surface area contributed by atoms with Crippen LogP contribution in [0.25, 0.3) is 0 Å². The summed E-state index contributed by atoms with van der Waals surface area (Å²) in [6.45, 7) is 2.28. The van der Waals surface area contributed by atoms with Gasteiger partial charge in [-0.3, -0.25) is 9.59 Å². The molecule has 0 aromatic carbocycles. The molecule has 1 amide bonds. The molecule has 0 fully saturated rings. The van der Waals surface area contributed by atoms with Crippen LogP contribution in [0.5, 0.6) is 0 Å². The van der Waals surface area contributed by atoms with Crippen molar-refractivity contribution in [1.29, 1.82) is 0 Å². The largest absolute Gasteiger partial charge is 0.481 e. The summed E-state index contributed by atoms with van der Waals surface area (Å²) in [7, 11) is 0. The summed E-state index contributed by atoms with van der Waals surface area (Å²) in [6, 6.07) is 4.96. The Morgan fingerprint density at radius 3 is 2.83 bits per heavy atom. The number of anilines is 1. The van der Waals surface area contributed by atoms with Crippen molar-refractivity contribution in [2.45, 2.75) is 19.8 Å². The normalized spacial score (nSPS) is 11.8. The highest BCUT2D eigenvalue weighted by molar-refractivity contribution is 5.91. The van der Waals surface area contributed by atoms with E-state index in [4.69, 9.17) is 10.8 Å². The van der Waals surface area contributed by atoms with Gasteiger partial charge in [0.25, 0.3) is 5.91 Å². The molecule has 0 aliphatic carbocycles. The fourth-order valence-electron chi connectivity index (χ4n) is 1.42. The average Bonchev–Trinajstić information content (AvgIpc) is 2.34. The van der Waals surface area contributed by atoms with Gasteiger partial charge in [0.1, 0.15) is 11.5 Å². The molecule has 1 aromatic rings. The zero-order valence-electron chi connectivity index (χ0n) is 10.2. The molecule has 0 radical (unpaired) electrons. The van der Waals surface area contributed by atoms with Crippen LogP contribution in [0, 0.1) is 5.92 Å². The maximum Gasteiger partial charge on any atom is 0.306 e. The summed E-state index contributed by atoms with van der Waals surface area (Å²) in [4.78, 5) is 25.5. The van der Waals surface area contributed by atoms with Crippen molar-refractivity contribution in [3.8, 4) is 0 Å². The topological polar surface area (TPSA) is 105 Å². The number of hydrogen-bond acceptors (Lipinski definition) is 4. The van der Waals surface area contributed by atoms with Gasteiger partial charge in [-0.05, 0) is 25.0 Å². The predicted molar refractivity (Wildman–Crippen MR) is 67.3 cm³/mol. The van der Waals surface area contributed by atoms with Crippen LogP contribution >= 0.6 is 0 Å². The van der Waals surface area contributed by atoms with Crippen LogP contribution in [0.2, 0.25) is 0 Å². The number of nitrogens with one attached hydrogen (secondary N) is 1. The first-order valence-electron chi connectivity index (χ1n) is 5.74. The van der Waals surface area contributed by atoms with E-state index in [0.29, 0.717) is 18.8 Å². The van der Waals surface area contributed by atoms with Crippen molar-refractivity contribution in [2.75, 3.05) is 11.9 Å². The lowest BCUT2D eigenvalue weighted by molar-refractivity contribution is -0.141. The lowest BCUT2D eigenvalue weighted by Crippen LogP contribution is -2.15. The molecule has 0 aliphatic rings. The summed E-state index contributed by atoms with van der Waals surface area (Å²) >= 11 is 0. The number of hydrogen-bond donors (Lipinski definition) is 3. The number of nitrogens with zero attached hydrogens (tertiary/aromatic N) is 1. The van der Waals surface area contributed by atoms with Gasteiger partial charge in [-0.2, -0.15) is 0 Å². The molecule has 0 saturated heterocycles. The standard InChI is InChI=1S/C12H17N3O3/c1-8(12(17)18)4-3-7-14-10-6-2-5-9(15-10)11(13)16/h2,5-6,8H,3-4,7H2,1H3,(H2,13,16)(H,14,15)(H,17,18). The number of carbonyl (C=O) groups excluding carboxylic acids is 1. The predicted octanol–water partition coefficient (Wildman–Crippen LogP) is 1.09. The molecule has 98 valence electrons. The van der Waals surface area contributed by atoms with E-state index in [-0.39, 0.29) is 11.6 Å². The second kappa shape index (κ2) is 6.58. The van der Waals surface area contributed by atoms with E-state index in [1.807, 2.05) is 0 Å². The van der Waals surface area contributed by atoms with Crippen molar-refractivity contribution in [3.05, 3.63) is 23.9 Å². The van der Waals surface area contributed by atoms with Gasteiger partial charge in [-0.15, -0.1) is 0 Å². The maximum absolute atomic E-state index is 10.9. The second-order valence-corrected chi connectivity index (χ2v) is 4.08. The Balaban J connectivity index is 2.38. The molecular formula is C12H17N3O3. The van der Waals surface area contributed by atoms with E-state index in [2.05, 4.69) is 10.3 Å². The monoisotopic (exact) mass is 251 g/mol. The van der Waals surface area contributed by atoms with Crippen LogP contribution < -0.4 is 11.1 Å². The van der Waals surface area contributed by atoms with E-state index in [1.165, 1.54) is 0 Å². The van der Waals surface area contributed by atoms with Gasteiger partial charge >= 0.3 is 5.97 Å². The first-order valence-corrected chi connectivity index (χ1v) is 5.74. The van der Waals surface area contributed by atoms with Crippen molar-refractivity contribution in [1.82, 2.24) is 4.98 Å². The molecule has 0 saturated carbocycles. The Labute approximate surface area is 105 Å². The number of aromatic nitrogens is 1. The SMILES string of the molecule is CC(CCCNc1cccc(C(N)=O)n1)C(=O)O. The van der Waals surface area contributed by atoms with Gasteiger partial charge in [0.2, 0.25) is 0 Å². The molecule has 0 aliphatic heterocycles. The van der Waals surface area contributed by atoms with Crippen molar-refractivity contribution < 1.29 is 14.7 Å². The molecular weight excluding hydrogens is 234 g/mol. The number of pyridine rings is 1. The smallest absolute Gasteiger partial charge is 0.306 e. The quantitative estimate of drug-likeness (QED) is 0.629. The number of rotatable bonds is 7. The molecule has 4 N–H and O–H groups in total.